The van der Waals surface area contributed by atoms with E-state index in [1.54, 1.807) is 0 Å². The van der Waals surface area contributed by atoms with Crippen molar-refractivity contribution >= 4 is 5.91 Å². The van der Waals surface area contributed by atoms with E-state index in [1.165, 1.54) is 154 Å². The molecule has 0 saturated carbocycles. The summed E-state index contributed by atoms with van der Waals surface area (Å²) in [5.41, 5.74) is 0. The van der Waals surface area contributed by atoms with Gasteiger partial charge in [0.2, 0.25) is 5.91 Å². The Morgan fingerprint density at radius 1 is 0.339 bits per heavy atom. The molecule has 17 atom stereocenters. The standard InChI is InChI=1S/C90H155NO18/c1-3-5-7-9-11-13-15-17-19-21-23-25-27-28-29-30-31-32-33-34-35-36-37-38-39-40-41-42-43-44-46-48-50-52-54-56-58-60-62-64-66-68-78(96)91-73(74(95)67-65-63-61-59-57-55-53-51-49-47-45-26-24-22-20-18-16-14-12-10-8-6-4-2)72-104-88-84(102)81(99)86(76(70-93)106-88)109-90-85(103)82(100)87(77(71-94)107-90)108-89-83(101)80(98)79(97)75(69-92)105-89/h5,7,11,13,17,19,23,25,28-29,31-32,34-35,37-38,40-41,43-44,73-77,79-90,92-95,97-103H,3-4,6,8-10,12,14-16,18,20-22,24,26-27,30,33,36,39,42,45-72H2,1-2H3,(H,91,96)/b7-5-,13-11-,19-17-,25-23-,29-28-,32-31-,35-34-,38-37-,41-40-,44-43-. The van der Waals surface area contributed by atoms with Crippen LogP contribution in [-0.4, -0.2) is 193 Å². The van der Waals surface area contributed by atoms with Crippen LogP contribution in [0.25, 0.3) is 0 Å². The van der Waals surface area contributed by atoms with Crippen LogP contribution in [0.1, 0.15) is 309 Å². The average molecular weight is 1540 g/mol. The molecule has 0 aromatic carbocycles. The number of aliphatic hydroxyl groups excluding tert-OH is 11. The highest BCUT2D eigenvalue weighted by atomic mass is 16.8. The lowest BCUT2D eigenvalue weighted by atomic mass is 9.96. The number of hydrogen-bond donors (Lipinski definition) is 12. The van der Waals surface area contributed by atoms with E-state index in [2.05, 4.69) is 141 Å². The molecule has 3 rings (SSSR count). The van der Waals surface area contributed by atoms with Crippen molar-refractivity contribution in [1.29, 1.82) is 0 Å². The molecule has 109 heavy (non-hydrogen) atoms. The first-order valence-corrected chi connectivity index (χ1v) is 43.3. The second kappa shape index (κ2) is 68.6. The quantitative estimate of drug-likeness (QED) is 0.0199. The van der Waals surface area contributed by atoms with Crippen molar-refractivity contribution in [2.75, 3.05) is 26.4 Å². The Balaban J connectivity index is 1.33. The van der Waals surface area contributed by atoms with E-state index in [0.29, 0.717) is 12.8 Å². The van der Waals surface area contributed by atoms with E-state index in [4.69, 9.17) is 28.4 Å². The minimum atomic E-state index is -1.98. The third-order valence-electron chi connectivity index (χ3n) is 20.8. The molecule has 3 fully saturated rings. The van der Waals surface area contributed by atoms with Crippen molar-refractivity contribution in [1.82, 2.24) is 5.32 Å². The number of rotatable bonds is 68. The Kier molecular flexibility index (Phi) is 62.5. The first-order valence-electron chi connectivity index (χ1n) is 43.3. The predicted molar refractivity (Wildman–Crippen MR) is 438 cm³/mol. The highest BCUT2D eigenvalue weighted by molar-refractivity contribution is 5.76. The van der Waals surface area contributed by atoms with E-state index >= 15 is 0 Å². The second-order valence-corrected chi connectivity index (χ2v) is 30.3. The van der Waals surface area contributed by atoms with E-state index in [1.807, 2.05) is 0 Å². The van der Waals surface area contributed by atoms with Gasteiger partial charge >= 0.3 is 0 Å². The smallest absolute Gasteiger partial charge is 0.220 e. The van der Waals surface area contributed by atoms with Crippen LogP contribution in [0.15, 0.2) is 122 Å². The van der Waals surface area contributed by atoms with Crippen LogP contribution in [0.2, 0.25) is 0 Å². The summed E-state index contributed by atoms with van der Waals surface area (Å²) in [4.78, 5) is 13.5. The predicted octanol–water partition coefficient (Wildman–Crippen LogP) is 15.8. The molecule has 1 amide bonds. The molecule has 0 aliphatic carbocycles. The molecule has 0 aromatic rings. The van der Waals surface area contributed by atoms with Gasteiger partial charge in [0.25, 0.3) is 0 Å². The number of carbonyl (C=O) groups excluding carboxylic acids is 1. The van der Waals surface area contributed by atoms with Gasteiger partial charge in [0.15, 0.2) is 18.9 Å². The van der Waals surface area contributed by atoms with Crippen LogP contribution in [0.4, 0.5) is 0 Å². The van der Waals surface area contributed by atoms with Gasteiger partial charge in [-0.15, -0.1) is 0 Å². The van der Waals surface area contributed by atoms with Gasteiger partial charge in [-0.1, -0.05) is 334 Å². The van der Waals surface area contributed by atoms with Gasteiger partial charge in [-0.2, -0.15) is 0 Å². The number of aliphatic hydroxyl groups is 11. The molecule has 0 bridgehead atoms. The Bertz CT molecular complexity index is 2440. The highest BCUT2D eigenvalue weighted by Gasteiger charge is 2.54. The van der Waals surface area contributed by atoms with E-state index < -0.39 is 124 Å². The Morgan fingerprint density at radius 3 is 0.991 bits per heavy atom. The number of ether oxygens (including phenoxy) is 6. The topological polar surface area (TPSA) is 307 Å². The molecule has 0 aromatic heterocycles. The zero-order valence-electron chi connectivity index (χ0n) is 67.5. The zero-order chi connectivity index (χ0) is 78.8. The monoisotopic (exact) mass is 1540 g/mol. The molecule has 0 radical (unpaired) electrons. The largest absolute Gasteiger partial charge is 0.394 e. The van der Waals surface area contributed by atoms with Gasteiger partial charge in [0, 0.05) is 6.42 Å². The fourth-order valence-electron chi connectivity index (χ4n) is 13.9. The minimum Gasteiger partial charge on any atom is -0.394 e. The molecule has 628 valence electrons. The number of carbonyl (C=O) groups is 1. The van der Waals surface area contributed by atoms with Crippen molar-refractivity contribution in [2.45, 2.75) is 413 Å². The van der Waals surface area contributed by atoms with Crippen molar-refractivity contribution in [3.8, 4) is 0 Å². The fourth-order valence-corrected chi connectivity index (χ4v) is 13.9. The molecule has 0 spiro atoms. The summed E-state index contributed by atoms with van der Waals surface area (Å²) < 4.78 is 34.6. The summed E-state index contributed by atoms with van der Waals surface area (Å²) in [6.45, 7) is 1.71. The van der Waals surface area contributed by atoms with Crippen LogP contribution in [0, 0.1) is 0 Å². The van der Waals surface area contributed by atoms with Gasteiger partial charge in [-0.3, -0.25) is 4.79 Å². The maximum absolute atomic E-state index is 13.5. The molecule has 19 nitrogen and oxygen atoms in total. The Labute approximate surface area is 658 Å². The molecule has 12 N–H and O–H groups in total. The molecular weight excluding hydrogens is 1380 g/mol. The van der Waals surface area contributed by atoms with Crippen molar-refractivity contribution in [2.24, 2.45) is 0 Å². The maximum atomic E-state index is 13.5. The molecule has 17 unspecified atom stereocenters. The lowest BCUT2D eigenvalue weighted by molar-refractivity contribution is -0.379. The first kappa shape index (κ1) is 99.4. The molecular formula is C90H155NO18. The number of nitrogens with one attached hydrogen (secondary N) is 1. The Morgan fingerprint density at radius 2 is 0.633 bits per heavy atom. The summed E-state index contributed by atoms with van der Waals surface area (Å²) >= 11 is 0. The van der Waals surface area contributed by atoms with E-state index in [-0.39, 0.29) is 18.9 Å². The minimum absolute atomic E-state index is 0.249. The van der Waals surface area contributed by atoms with E-state index in [9.17, 15) is 61.0 Å². The third kappa shape index (κ3) is 47.6. The fraction of sp³-hybridized carbons (Fsp3) is 0.767. The van der Waals surface area contributed by atoms with Crippen molar-refractivity contribution < 1.29 is 89.4 Å². The molecule has 3 heterocycles. The lowest BCUT2D eigenvalue weighted by Crippen LogP contribution is -2.66. The van der Waals surface area contributed by atoms with Gasteiger partial charge in [0.05, 0.1) is 38.6 Å². The van der Waals surface area contributed by atoms with Gasteiger partial charge in [-0.25, -0.2) is 0 Å². The highest BCUT2D eigenvalue weighted by Crippen LogP contribution is 2.33. The second-order valence-electron chi connectivity index (χ2n) is 30.3. The normalized spacial score (nSPS) is 25.9. The summed E-state index contributed by atoms with van der Waals surface area (Å²) in [7, 11) is 0. The van der Waals surface area contributed by atoms with Crippen LogP contribution >= 0.6 is 0 Å². The number of allylic oxidation sites excluding steroid dienone is 20. The van der Waals surface area contributed by atoms with Crippen LogP contribution in [0.3, 0.4) is 0 Å². The Hall–Kier alpha value is -3.81. The molecule has 3 saturated heterocycles. The van der Waals surface area contributed by atoms with E-state index in [0.717, 1.165) is 122 Å². The summed E-state index contributed by atoms with van der Waals surface area (Å²) in [5.74, 6) is -0.249. The maximum Gasteiger partial charge on any atom is 0.220 e. The van der Waals surface area contributed by atoms with Crippen LogP contribution in [0.5, 0.6) is 0 Å². The SMILES string of the molecule is CC/C=C\C/C=C\C/C=C\C/C=C\C/C=C\C/C=C\C/C=C\C/C=C\C/C=C\C/C=C\CCCCCCCCCCCCC(=O)NC(COC1OC(CO)C(OC2OC(CO)C(OC3OC(CO)C(O)C(O)C3O)C(O)C2O)C(O)C1O)C(O)CCCCCCCCCCCCCCCCCCCCCCCCC. The zero-order valence-corrected chi connectivity index (χ0v) is 67.5. The van der Waals surface area contributed by atoms with Gasteiger partial charge < -0.3 is 89.9 Å². The van der Waals surface area contributed by atoms with Crippen molar-refractivity contribution in [3.63, 3.8) is 0 Å². The number of unbranched alkanes of at least 4 members (excludes halogenated alkanes) is 32. The first-order chi connectivity index (χ1) is 53.3. The summed E-state index contributed by atoms with van der Waals surface area (Å²) in [5, 5.41) is 121. The summed E-state index contributed by atoms with van der Waals surface area (Å²) in [6, 6.07) is -0.899. The van der Waals surface area contributed by atoms with Crippen molar-refractivity contribution in [3.05, 3.63) is 122 Å². The van der Waals surface area contributed by atoms with Gasteiger partial charge in [-0.05, 0) is 89.9 Å². The number of amides is 1. The van der Waals surface area contributed by atoms with Crippen LogP contribution in [-0.2, 0) is 33.2 Å². The summed E-state index contributed by atoms with van der Waals surface area (Å²) in [6.07, 6.45) is 70.0. The number of hydrogen-bond acceptors (Lipinski definition) is 18. The third-order valence-corrected chi connectivity index (χ3v) is 20.8. The molecule has 19 heteroatoms. The van der Waals surface area contributed by atoms with Gasteiger partial charge in [0.1, 0.15) is 73.2 Å². The molecule has 3 aliphatic heterocycles. The average Bonchev–Trinajstić information content (AvgIpc) is 0.760. The van der Waals surface area contributed by atoms with Crippen LogP contribution < -0.4 is 5.32 Å². The molecule has 3 aliphatic rings. The lowest BCUT2D eigenvalue weighted by Gasteiger charge is -2.48.